The summed E-state index contributed by atoms with van der Waals surface area (Å²) in [5, 5.41) is 7.24. The molecule has 1 aliphatic rings. The van der Waals surface area contributed by atoms with Crippen LogP contribution >= 0.6 is 11.8 Å². The minimum Gasteiger partial charge on any atom is -0.351 e. The molecule has 1 aliphatic heterocycles. The summed E-state index contributed by atoms with van der Waals surface area (Å²) in [6, 6.07) is 9.29. The number of thioether (sulfide) groups is 1. The number of hydrogen-bond acceptors (Lipinski definition) is 6. The highest BCUT2D eigenvalue weighted by molar-refractivity contribution is 8.00. The zero-order valence-corrected chi connectivity index (χ0v) is 14.8. The van der Waals surface area contributed by atoms with Crippen LogP contribution < -0.4 is 5.32 Å². The van der Waals surface area contributed by atoms with E-state index in [4.69, 9.17) is 0 Å². The fourth-order valence-electron chi connectivity index (χ4n) is 2.45. The van der Waals surface area contributed by atoms with Gasteiger partial charge in [0.1, 0.15) is 6.33 Å². The molecule has 128 valence electrons. The molecule has 1 saturated heterocycles. The summed E-state index contributed by atoms with van der Waals surface area (Å²) in [5.74, 6) is -0.0300. The number of aromatic nitrogens is 3. The van der Waals surface area contributed by atoms with Crippen molar-refractivity contribution < 1.29 is 13.2 Å². The van der Waals surface area contributed by atoms with Gasteiger partial charge in [-0.1, -0.05) is 30.0 Å². The largest absolute Gasteiger partial charge is 0.351 e. The molecule has 1 amide bonds. The van der Waals surface area contributed by atoms with Crippen molar-refractivity contribution in [2.24, 2.45) is 0 Å². The van der Waals surface area contributed by atoms with Crippen molar-refractivity contribution in [3.8, 4) is 5.69 Å². The number of carbonyl (C=O) groups excluding carboxylic acids is 1. The molecule has 9 heteroatoms. The summed E-state index contributed by atoms with van der Waals surface area (Å²) in [4.78, 5) is 16.4. The van der Waals surface area contributed by atoms with Gasteiger partial charge >= 0.3 is 0 Å². The van der Waals surface area contributed by atoms with Gasteiger partial charge in [0, 0.05) is 6.04 Å². The molecular weight excluding hydrogens is 348 g/mol. The number of amides is 1. The first-order valence-corrected chi connectivity index (χ1v) is 10.3. The maximum absolute atomic E-state index is 12.2. The molecule has 0 radical (unpaired) electrons. The number of sulfone groups is 1. The Morgan fingerprint density at radius 2 is 2.12 bits per heavy atom. The van der Waals surface area contributed by atoms with Gasteiger partial charge in [-0.2, -0.15) is 0 Å². The summed E-state index contributed by atoms with van der Waals surface area (Å²) < 4.78 is 24.5. The first-order valence-electron chi connectivity index (χ1n) is 7.57. The number of para-hydroxylation sites is 1. The van der Waals surface area contributed by atoms with Crippen molar-refractivity contribution in [3.05, 3.63) is 36.7 Å². The molecule has 1 aromatic carbocycles. The molecule has 0 aliphatic carbocycles. The Morgan fingerprint density at radius 3 is 2.79 bits per heavy atom. The number of hydrogen-bond donors (Lipinski definition) is 1. The Morgan fingerprint density at radius 1 is 1.38 bits per heavy atom. The maximum atomic E-state index is 12.2. The number of rotatable bonds is 5. The summed E-state index contributed by atoms with van der Waals surface area (Å²) >= 11 is 1.25. The van der Waals surface area contributed by atoms with Gasteiger partial charge in [-0.3, -0.25) is 4.79 Å². The van der Waals surface area contributed by atoms with E-state index in [1.165, 1.54) is 11.8 Å². The van der Waals surface area contributed by atoms with Gasteiger partial charge in [-0.05, 0) is 25.5 Å². The van der Waals surface area contributed by atoms with Gasteiger partial charge < -0.3 is 5.32 Å². The molecule has 2 atom stereocenters. The Labute approximate surface area is 144 Å². The molecule has 1 fully saturated rings. The minimum absolute atomic E-state index is 0.0248. The number of carbonyl (C=O) groups is 1. The van der Waals surface area contributed by atoms with Crippen molar-refractivity contribution in [1.29, 1.82) is 0 Å². The zero-order valence-electron chi connectivity index (χ0n) is 13.1. The first kappa shape index (κ1) is 17.0. The van der Waals surface area contributed by atoms with Gasteiger partial charge in [0.15, 0.2) is 9.84 Å². The molecule has 0 spiro atoms. The van der Waals surface area contributed by atoms with E-state index in [1.807, 2.05) is 30.3 Å². The van der Waals surface area contributed by atoms with E-state index in [-0.39, 0.29) is 23.5 Å². The fraction of sp³-hybridized carbons (Fsp3) is 0.400. The fourth-order valence-corrected chi connectivity index (χ4v) is 4.85. The molecule has 2 heterocycles. The van der Waals surface area contributed by atoms with E-state index in [1.54, 1.807) is 17.9 Å². The smallest absolute Gasteiger partial charge is 0.233 e. The third-order valence-corrected chi connectivity index (χ3v) is 6.46. The molecule has 0 unspecified atom stereocenters. The van der Waals surface area contributed by atoms with Crippen LogP contribution in [0.5, 0.6) is 0 Å². The third-order valence-electron chi connectivity index (χ3n) is 3.72. The third kappa shape index (κ3) is 4.15. The quantitative estimate of drug-likeness (QED) is 0.795. The molecule has 2 aromatic rings. The van der Waals surface area contributed by atoms with E-state index in [0.717, 1.165) is 5.69 Å². The van der Waals surface area contributed by atoms with Crippen LogP contribution in [0.15, 0.2) is 41.8 Å². The second kappa shape index (κ2) is 6.94. The van der Waals surface area contributed by atoms with Crippen molar-refractivity contribution in [1.82, 2.24) is 20.1 Å². The average molecular weight is 366 g/mol. The van der Waals surface area contributed by atoms with Gasteiger partial charge in [0.05, 0.1) is 22.4 Å². The Bertz CT molecular complexity index is 820. The molecule has 0 bridgehead atoms. The first-order chi connectivity index (χ1) is 11.4. The standard InChI is InChI=1S/C15H18N4O3S2/c1-11(14(20)17-12-7-8-24(21,22)9-12)23-15-16-10-19(18-15)13-5-3-2-4-6-13/h2-6,10-12H,7-9H2,1H3,(H,17,20)/t11-,12-/m1/s1. The maximum Gasteiger partial charge on any atom is 0.233 e. The Hall–Kier alpha value is -1.87. The molecule has 1 aromatic heterocycles. The van der Waals surface area contributed by atoms with Crippen molar-refractivity contribution >= 4 is 27.5 Å². The summed E-state index contributed by atoms with van der Waals surface area (Å²) in [6.45, 7) is 1.76. The number of nitrogens with zero attached hydrogens (tertiary/aromatic N) is 3. The minimum atomic E-state index is -3.00. The molecule has 3 rings (SSSR count). The van der Waals surface area contributed by atoms with Crippen molar-refractivity contribution in [2.45, 2.75) is 29.8 Å². The van der Waals surface area contributed by atoms with Crippen LogP contribution in [0, 0.1) is 0 Å². The lowest BCUT2D eigenvalue weighted by Gasteiger charge is -2.14. The highest BCUT2D eigenvalue weighted by Crippen LogP contribution is 2.21. The Balaban J connectivity index is 1.58. The SMILES string of the molecule is C[C@@H](Sc1ncn(-c2ccccc2)n1)C(=O)N[C@@H]1CCS(=O)(=O)C1. The molecule has 1 N–H and O–H groups in total. The second-order valence-corrected chi connectivity index (χ2v) is 9.21. The molecular formula is C15H18N4O3S2. The topological polar surface area (TPSA) is 93.9 Å². The average Bonchev–Trinajstić information content (AvgIpc) is 3.14. The van der Waals surface area contributed by atoms with Gasteiger partial charge in [0.25, 0.3) is 0 Å². The lowest BCUT2D eigenvalue weighted by atomic mass is 10.2. The highest BCUT2D eigenvalue weighted by Gasteiger charge is 2.30. The zero-order chi connectivity index (χ0) is 17.2. The van der Waals surface area contributed by atoms with Crippen LogP contribution in [0.2, 0.25) is 0 Å². The van der Waals surface area contributed by atoms with Crippen LogP contribution in [-0.2, 0) is 14.6 Å². The number of benzene rings is 1. The summed E-state index contributed by atoms with van der Waals surface area (Å²) in [6.07, 6.45) is 2.08. The summed E-state index contributed by atoms with van der Waals surface area (Å²) in [7, 11) is -3.00. The van der Waals surface area contributed by atoms with E-state index in [9.17, 15) is 13.2 Å². The molecule has 0 saturated carbocycles. The summed E-state index contributed by atoms with van der Waals surface area (Å²) in [5.41, 5.74) is 0.894. The monoisotopic (exact) mass is 366 g/mol. The van der Waals surface area contributed by atoms with Crippen LogP contribution in [0.1, 0.15) is 13.3 Å². The van der Waals surface area contributed by atoms with E-state index in [2.05, 4.69) is 15.4 Å². The van der Waals surface area contributed by atoms with Crippen molar-refractivity contribution in [3.63, 3.8) is 0 Å². The van der Waals surface area contributed by atoms with Crippen LogP contribution in [0.4, 0.5) is 0 Å². The van der Waals surface area contributed by atoms with E-state index < -0.39 is 15.1 Å². The molecule has 24 heavy (non-hydrogen) atoms. The van der Waals surface area contributed by atoms with Gasteiger partial charge in [-0.15, -0.1) is 5.10 Å². The van der Waals surface area contributed by atoms with E-state index >= 15 is 0 Å². The van der Waals surface area contributed by atoms with E-state index in [0.29, 0.717) is 11.6 Å². The number of nitrogens with one attached hydrogen (secondary N) is 1. The lowest BCUT2D eigenvalue weighted by molar-refractivity contribution is -0.120. The highest BCUT2D eigenvalue weighted by atomic mass is 32.2. The van der Waals surface area contributed by atoms with Gasteiger partial charge in [-0.25, -0.2) is 18.1 Å². The van der Waals surface area contributed by atoms with Crippen molar-refractivity contribution in [2.75, 3.05) is 11.5 Å². The lowest BCUT2D eigenvalue weighted by Crippen LogP contribution is -2.39. The normalized spacial score (nSPS) is 20.6. The van der Waals surface area contributed by atoms with Crippen LogP contribution in [-0.4, -0.2) is 51.9 Å². The Kier molecular flexibility index (Phi) is 4.91. The van der Waals surface area contributed by atoms with Crippen LogP contribution in [0.25, 0.3) is 5.69 Å². The second-order valence-electron chi connectivity index (χ2n) is 5.68. The molecule has 7 nitrogen and oxygen atoms in total. The van der Waals surface area contributed by atoms with Crippen LogP contribution in [0.3, 0.4) is 0 Å². The predicted molar refractivity (Wildman–Crippen MR) is 91.9 cm³/mol. The predicted octanol–water partition coefficient (Wildman–Crippen LogP) is 1.05. The van der Waals surface area contributed by atoms with Gasteiger partial charge in [0.2, 0.25) is 11.1 Å².